The molecule has 2 saturated heterocycles. The van der Waals surface area contributed by atoms with Gasteiger partial charge >= 0.3 is 0 Å². The van der Waals surface area contributed by atoms with Crippen LogP contribution in [-0.4, -0.2) is 47.8 Å². The maximum Gasteiger partial charge on any atom is 0.257 e. The minimum Gasteiger partial charge on any atom is -0.469 e. The van der Waals surface area contributed by atoms with Gasteiger partial charge in [-0.3, -0.25) is 9.59 Å². The van der Waals surface area contributed by atoms with Crippen molar-refractivity contribution in [2.45, 2.75) is 26.2 Å². The Morgan fingerprint density at radius 2 is 1.93 bits per heavy atom. The zero-order chi connectivity index (χ0) is 19.6. The van der Waals surface area contributed by atoms with Crippen LogP contribution < -0.4 is 0 Å². The molecule has 0 radical (unpaired) electrons. The predicted molar refractivity (Wildman–Crippen MR) is 108 cm³/mol. The van der Waals surface area contributed by atoms with Gasteiger partial charge in [0.05, 0.1) is 11.8 Å². The molecule has 0 saturated carbocycles. The first-order chi connectivity index (χ1) is 13.6. The highest BCUT2D eigenvalue weighted by molar-refractivity contribution is 5.95. The fraction of sp³-hybridized carbons (Fsp3) is 0.391. The molecule has 2 aliphatic rings. The van der Waals surface area contributed by atoms with Gasteiger partial charge in [-0.25, -0.2) is 0 Å². The fourth-order valence-corrected chi connectivity index (χ4v) is 4.32. The van der Waals surface area contributed by atoms with Crippen LogP contribution in [0.5, 0.6) is 0 Å². The molecule has 0 bridgehead atoms. The highest BCUT2D eigenvalue weighted by atomic mass is 16.3. The van der Waals surface area contributed by atoms with Gasteiger partial charge in [0, 0.05) is 38.0 Å². The van der Waals surface area contributed by atoms with Crippen LogP contribution in [0.25, 0.3) is 6.08 Å². The molecule has 28 heavy (non-hydrogen) atoms. The largest absolute Gasteiger partial charge is 0.469 e. The number of likely N-dealkylation sites (tertiary alicyclic amines) is 2. The number of carbonyl (C=O) groups excluding carboxylic acids is 2. The lowest BCUT2D eigenvalue weighted by Crippen LogP contribution is -2.44. The summed E-state index contributed by atoms with van der Waals surface area (Å²) in [5.74, 6) is 0.925. The molecule has 0 aliphatic carbocycles. The molecule has 0 N–H and O–H groups in total. The van der Waals surface area contributed by atoms with Gasteiger partial charge in [0.1, 0.15) is 5.76 Å². The maximum absolute atomic E-state index is 12.7. The second-order valence-corrected chi connectivity index (χ2v) is 7.95. The molecule has 2 amide bonds. The van der Waals surface area contributed by atoms with Crippen LogP contribution in [0.15, 0.2) is 53.2 Å². The number of hydrogen-bond donors (Lipinski definition) is 0. The molecule has 1 aromatic carbocycles. The number of hydrogen-bond acceptors (Lipinski definition) is 3. The number of nitrogens with zero attached hydrogens (tertiary/aromatic N) is 2. The van der Waals surface area contributed by atoms with Gasteiger partial charge in [-0.05, 0) is 31.4 Å². The summed E-state index contributed by atoms with van der Waals surface area (Å²) in [4.78, 5) is 29.1. The number of furan rings is 1. The van der Waals surface area contributed by atoms with Crippen LogP contribution in [0.3, 0.4) is 0 Å². The third-order valence-electron chi connectivity index (χ3n) is 6.04. The minimum absolute atomic E-state index is 0.0138. The van der Waals surface area contributed by atoms with Crippen LogP contribution in [0.4, 0.5) is 0 Å². The lowest BCUT2D eigenvalue weighted by Gasteiger charge is -2.38. The standard InChI is InChI=1S/C23H26N2O3/c1-18-20(9-15-28-18)22(27)24-13-10-23(11-14-24)16-21(26)25(17-23)12-5-8-19-6-3-2-4-7-19/h2-9,15H,10-14,16-17H2,1H3/b8-5+. The molecule has 146 valence electrons. The molecule has 0 atom stereocenters. The Morgan fingerprint density at radius 1 is 1.18 bits per heavy atom. The Labute approximate surface area is 165 Å². The van der Waals surface area contributed by atoms with E-state index in [9.17, 15) is 9.59 Å². The van der Waals surface area contributed by atoms with Crippen molar-refractivity contribution in [3.63, 3.8) is 0 Å². The molecule has 2 fully saturated rings. The first-order valence-corrected chi connectivity index (χ1v) is 9.89. The van der Waals surface area contributed by atoms with E-state index in [0.717, 1.165) is 24.9 Å². The highest BCUT2D eigenvalue weighted by Crippen LogP contribution is 2.41. The molecular formula is C23H26N2O3. The topological polar surface area (TPSA) is 53.8 Å². The number of carbonyl (C=O) groups is 2. The summed E-state index contributed by atoms with van der Waals surface area (Å²) in [6.45, 7) is 4.65. The number of rotatable bonds is 4. The Hall–Kier alpha value is -2.82. The van der Waals surface area contributed by atoms with E-state index in [1.54, 1.807) is 12.3 Å². The zero-order valence-electron chi connectivity index (χ0n) is 16.3. The van der Waals surface area contributed by atoms with Gasteiger partial charge in [0.2, 0.25) is 5.91 Å². The van der Waals surface area contributed by atoms with E-state index < -0.39 is 0 Å². The Kier molecular flexibility index (Phi) is 5.07. The average molecular weight is 378 g/mol. The lowest BCUT2D eigenvalue weighted by atomic mass is 9.77. The molecule has 4 rings (SSSR count). The van der Waals surface area contributed by atoms with Gasteiger partial charge in [-0.1, -0.05) is 42.5 Å². The third kappa shape index (κ3) is 3.75. The van der Waals surface area contributed by atoms with E-state index in [1.165, 1.54) is 0 Å². The van der Waals surface area contributed by atoms with Crippen LogP contribution in [0.2, 0.25) is 0 Å². The van der Waals surface area contributed by atoms with Crippen molar-refractivity contribution < 1.29 is 14.0 Å². The first-order valence-electron chi connectivity index (χ1n) is 9.89. The van der Waals surface area contributed by atoms with Crippen molar-refractivity contribution in [3.8, 4) is 0 Å². The van der Waals surface area contributed by atoms with E-state index in [0.29, 0.717) is 37.4 Å². The smallest absolute Gasteiger partial charge is 0.257 e. The van der Waals surface area contributed by atoms with Gasteiger partial charge in [-0.2, -0.15) is 0 Å². The molecule has 5 nitrogen and oxygen atoms in total. The summed E-state index contributed by atoms with van der Waals surface area (Å²) in [5, 5.41) is 0. The first kappa shape index (κ1) is 18.5. The molecule has 1 aromatic heterocycles. The second kappa shape index (κ2) is 7.66. The van der Waals surface area contributed by atoms with Crippen LogP contribution in [0.1, 0.15) is 40.9 Å². The van der Waals surface area contributed by atoms with Crippen molar-refractivity contribution in [2.75, 3.05) is 26.2 Å². The summed E-state index contributed by atoms with van der Waals surface area (Å²) in [7, 11) is 0. The SMILES string of the molecule is Cc1occc1C(=O)N1CCC2(CC1)CC(=O)N(C/C=C/c1ccccc1)C2. The van der Waals surface area contributed by atoms with E-state index in [4.69, 9.17) is 4.42 Å². The number of benzene rings is 1. The van der Waals surface area contributed by atoms with Crippen molar-refractivity contribution >= 4 is 17.9 Å². The van der Waals surface area contributed by atoms with E-state index >= 15 is 0 Å². The zero-order valence-corrected chi connectivity index (χ0v) is 16.3. The number of piperidine rings is 1. The molecule has 0 unspecified atom stereocenters. The Morgan fingerprint density at radius 3 is 2.61 bits per heavy atom. The van der Waals surface area contributed by atoms with Crippen molar-refractivity contribution in [2.24, 2.45) is 5.41 Å². The predicted octanol–water partition coefficient (Wildman–Crippen LogP) is 3.76. The van der Waals surface area contributed by atoms with Crippen molar-refractivity contribution in [1.29, 1.82) is 0 Å². The van der Waals surface area contributed by atoms with E-state index in [1.807, 2.05) is 34.9 Å². The van der Waals surface area contributed by atoms with Gasteiger partial charge in [-0.15, -0.1) is 0 Å². The van der Waals surface area contributed by atoms with Crippen LogP contribution >= 0.6 is 0 Å². The van der Waals surface area contributed by atoms with Crippen molar-refractivity contribution in [1.82, 2.24) is 9.80 Å². The summed E-state index contributed by atoms with van der Waals surface area (Å²) < 4.78 is 5.26. The van der Waals surface area contributed by atoms with E-state index in [-0.39, 0.29) is 17.2 Å². The number of aryl methyl sites for hydroxylation is 1. The minimum atomic E-state index is 0.0138. The Balaban J connectivity index is 1.33. The normalized spacial score (nSPS) is 19.1. The monoisotopic (exact) mass is 378 g/mol. The molecule has 2 aromatic rings. The highest BCUT2D eigenvalue weighted by Gasteiger charge is 2.45. The molecule has 1 spiro atoms. The summed E-state index contributed by atoms with van der Waals surface area (Å²) >= 11 is 0. The summed E-state index contributed by atoms with van der Waals surface area (Å²) in [5.41, 5.74) is 1.80. The van der Waals surface area contributed by atoms with Gasteiger partial charge in [0.15, 0.2) is 0 Å². The Bertz CT molecular complexity index is 876. The lowest BCUT2D eigenvalue weighted by molar-refractivity contribution is -0.127. The van der Waals surface area contributed by atoms with Crippen molar-refractivity contribution in [3.05, 3.63) is 65.6 Å². The van der Waals surface area contributed by atoms with E-state index in [2.05, 4.69) is 24.3 Å². The van der Waals surface area contributed by atoms with Crippen LogP contribution in [0, 0.1) is 12.3 Å². The van der Waals surface area contributed by atoms with Gasteiger partial charge in [0.25, 0.3) is 5.91 Å². The molecular weight excluding hydrogens is 352 g/mol. The fourth-order valence-electron chi connectivity index (χ4n) is 4.32. The average Bonchev–Trinajstić information content (AvgIpc) is 3.26. The maximum atomic E-state index is 12.7. The molecule has 2 aliphatic heterocycles. The third-order valence-corrected chi connectivity index (χ3v) is 6.04. The van der Waals surface area contributed by atoms with Crippen LogP contribution in [-0.2, 0) is 4.79 Å². The summed E-state index contributed by atoms with van der Waals surface area (Å²) in [6, 6.07) is 11.9. The van der Waals surface area contributed by atoms with Gasteiger partial charge < -0.3 is 14.2 Å². The number of amides is 2. The summed E-state index contributed by atoms with van der Waals surface area (Å²) in [6.07, 6.45) is 8.03. The molecule has 5 heteroatoms. The second-order valence-electron chi connectivity index (χ2n) is 7.95. The molecule has 3 heterocycles. The quantitative estimate of drug-likeness (QED) is 0.814.